The minimum absolute atomic E-state index is 0.264. The number of aliphatic carboxylic acids is 1. The Balaban J connectivity index is 3.53. The topological polar surface area (TPSA) is 63.3 Å². The van der Waals surface area contributed by atoms with Crippen LogP contribution in [0.4, 0.5) is 0 Å². The van der Waals surface area contributed by atoms with Crippen LogP contribution in [0.25, 0.3) is 0 Å². The SMILES string of the molecule is C=CC(C)SCC(N)C(=O)O. The zero-order valence-electron chi connectivity index (χ0n) is 6.49. The standard InChI is InChI=1S/C7H13NO2S/c1-3-5(2)11-4-6(8)7(9)10/h3,5-6H,1,4,8H2,2H3,(H,9,10). The number of hydrogen-bond acceptors (Lipinski definition) is 3. The lowest BCUT2D eigenvalue weighted by Gasteiger charge is -2.08. The van der Waals surface area contributed by atoms with Crippen molar-refractivity contribution in [3.05, 3.63) is 12.7 Å². The average molecular weight is 175 g/mol. The molecule has 0 saturated carbocycles. The first-order chi connectivity index (χ1) is 5.07. The maximum absolute atomic E-state index is 10.2. The summed E-state index contributed by atoms with van der Waals surface area (Å²) in [5, 5.41) is 8.67. The third-order valence-electron chi connectivity index (χ3n) is 1.19. The van der Waals surface area contributed by atoms with E-state index in [2.05, 4.69) is 6.58 Å². The normalized spacial score (nSPS) is 15.5. The summed E-state index contributed by atoms with van der Waals surface area (Å²) in [7, 11) is 0. The van der Waals surface area contributed by atoms with E-state index in [1.807, 2.05) is 6.92 Å². The summed E-state index contributed by atoms with van der Waals surface area (Å²) in [6.07, 6.45) is 1.76. The number of hydrogen-bond donors (Lipinski definition) is 2. The maximum atomic E-state index is 10.2. The third kappa shape index (κ3) is 4.86. The van der Waals surface area contributed by atoms with Crippen LogP contribution in [0, 0.1) is 0 Å². The Morgan fingerprint density at radius 3 is 2.82 bits per heavy atom. The molecule has 0 spiro atoms. The Bertz CT molecular complexity index is 149. The van der Waals surface area contributed by atoms with Crippen molar-refractivity contribution in [2.45, 2.75) is 18.2 Å². The zero-order chi connectivity index (χ0) is 8.85. The number of carbonyl (C=O) groups is 1. The molecule has 0 aliphatic carbocycles. The minimum atomic E-state index is -0.950. The van der Waals surface area contributed by atoms with Gasteiger partial charge in [-0.1, -0.05) is 6.08 Å². The molecule has 4 heteroatoms. The van der Waals surface area contributed by atoms with E-state index in [9.17, 15) is 4.79 Å². The summed E-state index contributed by atoms with van der Waals surface area (Å²) >= 11 is 1.49. The second kappa shape index (κ2) is 5.21. The van der Waals surface area contributed by atoms with E-state index in [4.69, 9.17) is 10.8 Å². The fourth-order valence-corrected chi connectivity index (χ4v) is 1.18. The summed E-state index contributed by atoms with van der Waals surface area (Å²) < 4.78 is 0. The highest BCUT2D eigenvalue weighted by Crippen LogP contribution is 2.11. The number of rotatable bonds is 5. The van der Waals surface area contributed by atoms with E-state index in [1.165, 1.54) is 11.8 Å². The molecule has 0 radical (unpaired) electrons. The molecule has 3 N–H and O–H groups in total. The van der Waals surface area contributed by atoms with Gasteiger partial charge in [-0.25, -0.2) is 0 Å². The highest BCUT2D eigenvalue weighted by atomic mass is 32.2. The van der Waals surface area contributed by atoms with Gasteiger partial charge in [0.2, 0.25) is 0 Å². The molecule has 0 saturated heterocycles. The molecule has 3 nitrogen and oxygen atoms in total. The Kier molecular flexibility index (Phi) is 4.98. The molecule has 0 aliphatic rings. The highest BCUT2D eigenvalue weighted by molar-refractivity contribution is 8.00. The van der Waals surface area contributed by atoms with Crippen molar-refractivity contribution in [3.8, 4) is 0 Å². The first kappa shape index (κ1) is 10.5. The lowest BCUT2D eigenvalue weighted by atomic mass is 10.4. The largest absolute Gasteiger partial charge is 0.480 e. The van der Waals surface area contributed by atoms with Gasteiger partial charge in [0.15, 0.2) is 0 Å². The third-order valence-corrected chi connectivity index (χ3v) is 2.46. The molecule has 0 aromatic carbocycles. The van der Waals surface area contributed by atoms with Crippen LogP contribution in [0.5, 0.6) is 0 Å². The van der Waals surface area contributed by atoms with E-state index < -0.39 is 12.0 Å². The van der Waals surface area contributed by atoms with Gasteiger partial charge < -0.3 is 10.8 Å². The molecule has 0 amide bonds. The molecule has 0 aromatic heterocycles. The Morgan fingerprint density at radius 2 is 2.45 bits per heavy atom. The number of carboxylic acids is 1. The number of nitrogens with two attached hydrogens (primary N) is 1. The van der Waals surface area contributed by atoms with Crippen LogP contribution in [0.1, 0.15) is 6.92 Å². The molecule has 11 heavy (non-hydrogen) atoms. The van der Waals surface area contributed by atoms with Crippen LogP contribution >= 0.6 is 11.8 Å². The molecule has 2 atom stereocenters. The van der Waals surface area contributed by atoms with Crippen molar-refractivity contribution < 1.29 is 9.90 Å². The van der Waals surface area contributed by atoms with Gasteiger partial charge in [-0.15, -0.1) is 6.58 Å². The van der Waals surface area contributed by atoms with Crippen molar-refractivity contribution in [2.24, 2.45) is 5.73 Å². The molecule has 64 valence electrons. The van der Waals surface area contributed by atoms with Crippen molar-refractivity contribution in [1.29, 1.82) is 0 Å². The van der Waals surface area contributed by atoms with Crippen molar-refractivity contribution in [1.82, 2.24) is 0 Å². The number of thioether (sulfide) groups is 1. The van der Waals surface area contributed by atoms with Crippen LogP contribution in [-0.2, 0) is 4.79 Å². The smallest absolute Gasteiger partial charge is 0.321 e. The van der Waals surface area contributed by atoms with Gasteiger partial charge in [-0.05, 0) is 6.92 Å². The Hall–Kier alpha value is -0.480. The molecule has 0 heterocycles. The van der Waals surface area contributed by atoms with Gasteiger partial charge >= 0.3 is 5.97 Å². The molecule has 0 bridgehead atoms. The molecular formula is C7H13NO2S. The monoisotopic (exact) mass is 175 g/mol. The predicted octanol–water partition coefficient (Wildman–Crippen LogP) is 0.706. The van der Waals surface area contributed by atoms with E-state index in [1.54, 1.807) is 6.08 Å². The quantitative estimate of drug-likeness (QED) is 0.604. The Labute approximate surface area is 70.7 Å². The van der Waals surface area contributed by atoms with E-state index >= 15 is 0 Å². The molecule has 0 aliphatic heterocycles. The lowest BCUT2D eigenvalue weighted by Crippen LogP contribution is -2.32. The first-order valence-corrected chi connectivity index (χ1v) is 4.35. The number of carboxylic acid groups (broad SMARTS) is 1. The highest BCUT2D eigenvalue weighted by Gasteiger charge is 2.11. The van der Waals surface area contributed by atoms with Crippen molar-refractivity contribution in [2.75, 3.05) is 5.75 Å². The maximum Gasteiger partial charge on any atom is 0.321 e. The summed E-state index contributed by atoms with van der Waals surface area (Å²) in [4.78, 5) is 10.2. The van der Waals surface area contributed by atoms with E-state index in [0.29, 0.717) is 5.75 Å². The fourth-order valence-electron chi connectivity index (χ4n) is 0.395. The second-order valence-corrected chi connectivity index (χ2v) is 3.63. The van der Waals surface area contributed by atoms with Gasteiger partial charge in [-0.2, -0.15) is 11.8 Å². The summed E-state index contributed by atoms with van der Waals surface area (Å²) in [5.74, 6) is -0.517. The molecule has 0 rings (SSSR count). The van der Waals surface area contributed by atoms with E-state index in [-0.39, 0.29) is 5.25 Å². The molecule has 2 unspecified atom stereocenters. The summed E-state index contributed by atoms with van der Waals surface area (Å²) in [6.45, 7) is 5.52. The Morgan fingerprint density at radius 1 is 1.91 bits per heavy atom. The minimum Gasteiger partial charge on any atom is -0.480 e. The lowest BCUT2D eigenvalue weighted by molar-refractivity contribution is -0.137. The van der Waals surface area contributed by atoms with Gasteiger partial charge in [-0.3, -0.25) is 4.79 Å². The predicted molar refractivity (Wildman–Crippen MR) is 47.7 cm³/mol. The second-order valence-electron chi connectivity index (χ2n) is 2.22. The van der Waals surface area contributed by atoms with E-state index in [0.717, 1.165) is 0 Å². The van der Waals surface area contributed by atoms with Crippen molar-refractivity contribution >= 4 is 17.7 Å². The zero-order valence-corrected chi connectivity index (χ0v) is 7.30. The average Bonchev–Trinajstić information content (AvgIpc) is 1.99. The molecule has 0 aromatic rings. The van der Waals surface area contributed by atoms with Gasteiger partial charge in [0.25, 0.3) is 0 Å². The molecular weight excluding hydrogens is 162 g/mol. The van der Waals surface area contributed by atoms with Gasteiger partial charge in [0, 0.05) is 11.0 Å². The summed E-state index contributed by atoms with van der Waals surface area (Å²) in [6, 6.07) is -0.762. The van der Waals surface area contributed by atoms with Crippen LogP contribution in [0.3, 0.4) is 0 Å². The molecule has 0 fully saturated rings. The first-order valence-electron chi connectivity index (χ1n) is 3.30. The van der Waals surface area contributed by atoms with Crippen LogP contribution in [0.15, 0.2) is 12.7 Å². The van der Waals surface area contributed by atoms with Gasteiger partial charge in [0.05, 0.1) is 0 Å². The van der Waals surface area contributed by atoms with Crippen LogP contribution in [-0.4, -0.2) is 28.1 Å². The van der Waals surface area contributed by atoms with Crippen LogP contribution < -0.4 is 5.73 Å². The van der Waals surface area contributed by atoms with Gasteiger partial charge in [0.1, 0.15) is 6.04 Å². The fraction of sp³-hybridized carbons (Fsp3) is 0.571. The van der Waals surface area contributed by atoms with Crippen molar-refractivity contribution in [3.63, 3.8) is 0 Å². The van der Waals surface area contributed by atoms with Crippen LogP contribution in [0.2, 0.25) is 0 Å². The summed E-state index contributed by atoms with van der Waals surface area (Å²) in [5.41, 5.74) is 5.26.